The fourth-order valence-electron chi connectivity index (χ4n) is 0.416. The lowest BCUT2D eigenvalue weighted by Crippen LogP contribution is -1.78. The number of unbranched alkanes of at least 4 members (excludes halogenated alkanes) is 2. The lowest BCUT2D eigenvalue weighted by molar-refractivity contribution is 0.319. The van der Waals surface area contributed by atoms with Crippen LogP contribution in [0.4, 0.5) is 0 Å². The number of rotatable bonds is 4. The molecule has 0 fully saturated rings. The van der Waals surface area contributed by atoms with Gasteiger partial charge in [-0.25, -0.2) is 0 Å². The Morgan fingerprint density at radius 2 is 1.44 bits per heavy atom. The Kier molecular flexibility index (Phi) is 6.12. The van der Waals surface area contributed by atoms with Crippen molar-refractivity contribution in [2.24, 2.45) is 10.3 Å². The van der Waals surface area contributed by atoms with Crippen molar-refractivity contribution in [1.29, 1.82) is 0 Å². The van der Waals surface area contributed by atoms with E-state index in [0.29, 0.717) is 12.8 Å². The van der Waals surface area contributed by atoms with Gasteiger partial charge in [0, 0.05) is 12.4 Å². The molecule has 0 atom stereocenters. The van der Waals surface area contributed by atoms with Gasteiger partial charge in [-0.3, -0.25) is 0 Å². The van der Waals surface area contributed by atoms with Crippen molar-refractivity contribution in [3.05, 3.63) is 0 Å². The average Bonchev–Trinajstić information content (AvgIpc) is 1.89. The maximum atomic E-state index is 7.91. The topological polar surface area (TPSA) is 65.2 Å². The van der Waals surface area contributed by atoms with E-state index in [0.717, 1.165) is 6.42 Å². The van der Waals surface area contributed by atoms with E-state index < -0.39 is 0 Å². The van der Waals surface area contributed by atoms with Crippen LogP contribution in [0.15, 0.2) is 10.3 Å². The number of hydrogen-bond acceptors (Lipinski definition) is 4. The van der Waals surface area contributed by atoms with Crippen molar-refractivity contribution >= 4 is 12.4 Å². The van der Waals surface area contributed by atoms with Gasteiger partial charge in [0.1, 0.15) is 0 Å². The summed E-state index contributed by atoms with van der Waals surface area (Å²) in [6.45, 7) is 0. The molecule has 0 spiro atoms. The highest BCUT2D eigenvalue weighted by molar-refractivity contribution is 5.59. The Morgan fingerprint density at radius 3 is 1.78 bits per heavy atom. The van der Waals surface area contributed by atoms with Crippen molar-refractivity contribution in [3.8, 4) is 0 Å². The summed E-state index contributed by atoms with van der Waals surface area (Å²) < 4.78 is 0. The second kappa shape index (κ2) is 6.94. The standard InChI is InChI=1S/C5H10N2O2/c8-6-4-2-1-3-5-7-9/h4-5,8-9H,1-3H2/b6-4+,7-5+. The normalized spacial score (nSPS) is 11.6. The van der Waals surface area contributed by atoms with E-state index in [-0.39, 0.29) is 0 Å². The second-order valence-corrected chi connectivity index (χ2v) is 1.53. The highest BCUT2D eigenvalue weighted by Crippen LogP contribution is 1.88. The van der Waals surface area contributed by atoms with Crippen molar-refractivity contribution in [1.82, 2.24) is 0 Å². The molecule has 0 unspecified atom stereocenters. The monoisotopic (exact) mass is 130 g/mol. The van der Waals surface area contributed by atoms with Gasteiger partial charge in [-0.05, 0) is 19.3 Å². The molecule has 0 heterocycles. The summed E-state index contributed by atoms with van der Waals surface area (Å²) >= 11 is 0. The van der Waals surface area contributed by atoms with E-state index in [1.165, 1.54) is 12.4 Å². The number of oxime groups is 2. The van der Waals surface area contributed by atoms with Crippen molar-refractivity contribution in [3.63, 3.8) is 0 Å². The Balaban J connectivity index is 2.91. The third-order valence-electron chi connectivity index (χ3n) is 0.830. The SMILES string of the molecule is O/N=C/CCC/C=N/O. The summed E-state index contributed by atoms with van der Waals surface area (Å²) in [5.74, 6) is 0. The van der Waals surface area contributed by atoms with Gasteiger partial charge in [0.15, 0.2) is 0 Å². The van der Waals surface area contributed by atoms with Crippen LogP contribution < -0.4 is 0 Å². The molecule has 0 aliphatic carbocycles. The molecule has 9 heavy (non-hydrogen) atoms. The van der Waals surface area contributed by atoms with Crippen molar-refractivity contribution in [2.75, 3.05) is 0 Å². The summed E-state index contributed by atoms with van der Waals surface area (Å²) in [5.41, 5.74) is 0. The summed E-state index contributed by atoms with van der Waals surface area (Å²) in [6, 6.07) is 0. The first-order valence-electron chi connectivity index (χ1n) is 2.73. The van der Waals surface area contributed by atoms with Gasteiger partial charge in [-0.2, -0.15) is 0 Å². The average molecular weight is 130 g/mol. The molecule has 0 radical (unpaired) electrons. The number of nitrogens with zero attached hydrogens (tertiary/aromatic N) is 2. The zero-order valence-electron chi connectivity index (χ0n) is 5.06. The fourth-order valence-corrected chi connectivity index (χ4v) is 0.416. The van der Waals surface area contributed by atoms with Crippen LogP contribution in [0.3, 0.4) is 0 Å². The van der Waals surface area contributed by atoms with Crippen LogP contribution in [-0.2, 0) is 0 Å². The molecule has 0 saturated heterocycles. The summed E-state index contributed by atoms with van der Waals surface area (Å²) in [7, 11) is 0. The van der Waals surface area contributed by atoms with Gasteiger partial charge < -0.3 is 10.4 Å². The smallest absolute Gasteiger partial charge is 0.0436 e. The Bertz CT molecular complexity index is 89.1. The summed E-state index contributed by atoms with van der Waals surface area (Å²) in [5, 5.41) is 21.4. The summed E-state index contributed by atoms with van der Waals surface area (Å²) in [4.78, 5) is 0. The van der Waals surface area contributed by atoms with E-state index in [2.05, 4.69) is 10.3 Å². The molecule has 2 N–H and O–H groups in total. The van der Waals surface area contributed by atoms with Gasteiger partial charge in [0.2, 0.25) is 0 Å². The van der Waals surface area contributed by atoms with Crippen molar-refractivity contribution < 1.29 is 10.4 Å². The van der Waals surface area contributed by atoms with Crippen LogP contribution in [0, 0.1) is 0 Å². The zero-order valence-corrected chi connectivity index (χ0v) is 5.06. The molecule has 4 nitrogen and oxygen atoms in total. The minimum atomic E-state index is 0.711. The van der Waals surface area contributed by atoms with E-state index in [4.69, 9.17) is 10.4 Å². The lowest BCUT2D eigenvalue weighted by Gasteiger charge is -1.84. The fraction of sp³-hybridized carbons (Fsp3) is 0.600. The molecule has 0 aliphatic rings. The predicted octanol–water partition coefficient (Wildman–Crippen LogP) is 1.08. The van der Waals surface area contributed by atoms with Crippen molar-refractivity contribution in [2.45, 2.75) is 19.3 Å². The molecule has 0 aliphatic heterocycles. The maximum absolute atomic E-state index is 7.91. The second-order valence-electron chi connectivity index (χ2n) is 1.53. The van der Waals surface area contributed by atoms with E-state index in [1.807, 2.05) is 0 Å². The first-order chi connectivity index (χ1) is 4.41. The molecule has 0 aromatic heterocycles. The molecule has 0 aromatic carbocycles. The minimum absolute atomic E-state index is 0.711. The van der Waals surface area contributed by atoms with Gasteiger partial charge in [0.25, 0.3) is 0 Å². The molecule has 0 saturated carbocycles. The molecular formula is C5H10N2O2. The quantitative estimate of drug-likeness (QED) is 0.259. The molecule has 52 valence electrons. The first kappa shape index (κ1) is 7.94. The van der Waals surface area contributed by atoms with E-state index in [9.17, 15) is 0 Å². The van der Waals surface area contributed by atoms with Crippen LogP contribution in [0.2, 0.25) is 0 Å². The first-order valence-corrected chi connectivity index (χ1v) is 2.73. The zero-order chi connectivity index (χ0) is 6.95. The minimum Gasteiger partial charge on any atom is -0.411 e. The molecule has 0 bridgehead atoms. The number of hydrogen-bond donors (Lipinski definition) is 2. The highest BCUT2D eigenvalue weighted by atomic mass is 16.4. The van der Waals surface area contributed by atoms with E-state index >= 15 is 0 Å². The van der Waals surface area contributed by atoms with Gasteiger partial charge in [-0.1, -0.05) is 0 Å². The molecule has 0 aromatic rings. The highest BCUT2D eigenvalue weighted by Gasteiger charge is 1.79. The largest absolute Gasteiger partial charge is 0.411 e. The third kappa shape index (κ3) is 6.94. The van der Waals surface area contributed by atoms with Crippen LogP contribution >= 0.6 is 0 Å². The molecular weight excluding hydrogens is 120 g/mol. The predicted molar refractivity (Wildman–Crippen MR) is 34.4 cm³/mol. The van der Waals surface area contributed by atoms with Gasteiger partial charge in [-0.15, -0.1) is 10.3 Å². The lowest BCUT2D eigenvalue weighted by atomic mass is 10.3. The molecule has 0 rings (SSSR count). The molecule has 4 heteroatoms. The van der Waals surface area contributed by atoms with Gasteiger partial charge in [0.05, 0.1) is 0 Å². The molecule has 0 amide bonds. The Hall–Kier alpha value is -1.06. The maximum Gasteiger partial charge on any atom is 0.0436 e. The summed E-state index contributed by atoms with van der Waals surface area (Å²) in [6.07, 6.45) is 5.08. The Labute approximate surface area is 53.5 Å². The third-order valence-corrected chi connectivity index (χ3v) is 0.830. The van der Waals surface area contributed by atoms with Crippen LogP contribution in [0.1, 0.15) is 19.3 Å². The van der Waals surface area contributed by atoms with Crippen LogP contribution in [-0.4, -0.2) is 22.8 Å². The van der Waals surface area contributed by atoms with Crippen LogP contribution in [0.25, 0.3) is 0 Å². The van der Waals surface area contributed by atoms with E-state index in [1.54, 1.807) is 0 Å². The Morgan fingerprint density at radius 1 is 1.00 bits per heavy atom. The van der Waals surface area contributed by atoms with Gasteiger partial charge >= 0.3 is 0 Å². The van der Waals surface area contributed by atoms with Crippen LogP contribution in [0.5, 0.6) is 0 Å².